The number of ether oxygens (including phenoxy) is 2. The van der Waals surface area contributed by atoms with Gasteiger partial charge in [0, 0.05) is 37.0 Å². The molecule has 0 aliphatic carbocycles. The van der Waals surface area contributed by atoms with Crippen molar-refractivity contribution >= 4 is 34.8 Å². The molecule has 7 nitrogen and oxygen atoms in total. The Kier molecular flexibility index (Phi) is 7.54. The maximum atomic E-state index is 12.9. The van der Waals surface area contributed by atoms with Crippen molar-refractivity contribution in [3.05, 3.63) is 53.1 Å². The fourth-order valence-corrected chi connectivity index (χ4v) is 3.27. The van der Waals surface area contributed by atoms with Gasteiger partial charge in [-0.3, -0.25) is 10.1 Å². The lowest BCUT2D eigenvalue weighted by Gasteiger charge is -2.17. The van der Waals surface area contributed by atoms with Gasteiger partial charge < -0.3 is 19.7 Å². The molecule has 30 heavy (non-hydrogen) atoms. The first-order chi connectivity index (χ1) is 14.5. The lowest BCUT2D eigenvalue weighted by Crippen LogP contribution is -2.37. The molecule has 0 aromatic heterocycles. The Hall–Kier alpha value is -2.77. The zero-order chi connectivity index (χ0) is 21.5. The van der Waals surface area contributed by atoms with Crippen LogP contribution in [0.25, 0.3) is 0 Å². The molecule has 0 saturated carbocycles. The molecule has 1 atom stereocenters. The number of benzene rings is 2. The summed E-state index contributed by atoms with van der Waals surface area (Å²) >= 11 is 6.14. The number of aliphatic imine (C=N–C) groups is 1. The predicted octanol–water partition coefficient (Wildman–Crippen LogP) is 3.79. The highest BCUT2D eigenvalue weighted by molar-refractivity contribution is 6.31. The molecule has 0 bridgehead atoms. The normalized spacial score (nSPS) is 16.3. The van der Waals surface area contributed by atoms with E-state index < -0.39 is 0 Å². The van der Waals surface area contributed by atoms with E-state index in [1.807, 2.05) is 37.2 Å². The first kappa shape index (κ1) is 21.9. The summed E-state index contributed by atoms with van der Waals surface area (Å²) in [5.74, 6) is 0.637. The Morgan fingerprint density at radius 1 is 1.30 bits per heavy atom. The Labute approximate surface area is 182 Å². The van der Waals surface area contributed by atoms with Crippen molar-refractivity contribution in [1.29, 1.82) is 0 Å². The topological polar surface area (TPSA) is 75.2 Å². The molecule has 1 unspecified atom stereocenters. The molecule has 0 spiro atoms. The Morgan fingerprint density at radius 2 is 2.13 bits per heavy atom. The number of rotatable bonds is 6. The van der Waals surface area contributed by atoms with Crippen LogP contribution in [0.1, 0.15) is 23.2 Å². The summed E-state index contributed by atoms with van der Waals surface area (Å²) in [6.45, 7) is 1.19. The maximum absolute atomic E-state index is 12.9. The van der Waals surface area contributed by atoms with Crippen LogP contribution in [0, 0.1) is 0 Å². The first-order valence-corrected chi connectivity index (χ1v) is 10.2. The van der Waals surface area contributed by atoms with Gasteiger partial charge in [0.2, 0.25) is 5.96 Å². The highest BCUT2D eigenvalue weighted by Crippen LogP contribution is 2.27. The third-order valence-corrected chi connectivity index (χ3v) is 4.98. The molecule has 8 heteroatoms. The number of carbonyl (C=O) groups is 1. The van der Waals surface area contributed by atoms with Crippen LogP contribution in [0.5, 0.6) is 5.75 Å². The third kappa shape index (κ3) is 5.87. The van der Waals surface area contributed by atoms with Gasteiger partial charge in [-0.05, 0) is 49.2 Å². The number of halogens is 1. The van der Waals surface area contributed by atoms with Gasteiger partial charge in [0.25, 0.3) is 5.91 Å². The van der Waals surface area contributed by atoms with Crippen molar-refractivity contribution in [3.8, 4) is 5.75 Å². The largest absolute Gasteiger partial charge is 0.495 e. The summed E-state index contributed by atoms with van der Waals surface area (Å²) in [6.07, 6.45) is 2.03. The summed E-state index contributed by atoms with van der Waals surface area (Å²) in [7, 11) is 5.43. The predicted molar refractivity (Wildman–Crippen MR) is 121 cm³/mol. The molecule has 3 rings (SSSR count). The van der Waals surface area contributed by atoms with E-state index in [-0.39, 0.29) is 12.0 Å². The van der Waals surface area contributed by atoms with E-state index in [9.17, 15) is 4.79 Å². The number of carbonyl (C=O) groups excluding carboxylic acids is 1. The van der Waals surface area contributed by atoms with Gasteiger partial charge in [-0.15, -0.1) is 0 Å². The van der Waals surface area contributed by atoms with E-state index in [0.717, 1.165) is 25.1 Å². The van der Waals surface area contributed by atoms with Gasteiger partial charge in [-0.25, -0.2) is 4.99 Å². The summed E-state index contributed by atoms with van der Waals surface area (Å²) < 4.78 is 11.0. The van der Waals surface area contributed by atoms with Crippen LogP contribution in [0.3, 0.4) is 0 Å². The van der Waals surface area contributed by atoms with Crippen molar-refractivity contribution in [2.45, 2.75) is 18.9 Å². The van der Waals surface area contributed by atoms with Crippen LogP contribution in [0.15, 0.2) is 47.5 Å². The zero-order valence-electron chi connectivity index (χ0n) is 17.4. The Balaban J connectivity index is 1.82. The van der Waals surface area contributed by atoms with Gasteiger partial charge in [0.05, 0.1) is 25.4 Å². The molecule has 1 fully saturated rings. The second-order valence-corrected chi connectivity index (χ2v) is 7.63. The van der Waals surface area contributed by atoms with Crippen molar-refractivity contribution < 1.29 is 14.3 Å². The second kappa shape index (κ2) is 10.3. The lowest BCUT2D eigenvalue weighted by atomic mass is 10.2. The molecule has 160 valence electrons. The minimum atomic E-state index is -0.265. The monoisotopic (exact) mass is 430 g/mol. The first-order valence-electron chi connectivity index (χ1n) is 9.81. The Bertz CT molecular complexity index is 911. The number of anilines is 2. The van der Waals surface area contributed by atoms with Crippen molar-refractivity contribution in [2.75, 3.05) is 44.6 Å². The maximum Gasteiger partial charge on any atom is 0.258 e. The fourth-order valence-electron chi connectivity index (χ4n) is 3.10. The molecule has 1 aliphatic rings. The molecule has 2 aromatic rings. The van der Waals surface area contributed by atoms with Gasteiger partial charge >= 0.3 is 0 Å². The van der Waals surface area contributed by atoms with Crippen LogP contribution in [0.2, 0.25) is 5.02 Å². The van der Waals surface area contributed by atoms with E-state index in [0.29, 0.717) is 34.5 Å². The standard InChI is InChI=1S/C22H27ClN4O3/c1-27(2)17-7-4-6-15(12-17)21(28)26-22(24-14-18-8-5-11-30-18)25-19-13-16(23)9-10-20(19)29-3/h4,6-7,9-10,12-13,18H,5,8,11,14H2,1-3H3,(H2,24,25,26,28). The summed E-state index contributed by atoms with van der Waals surface area (Å²) in [5, 5.41) is 6.56. The second-order valence-electron chi connectivity index (χ2n) is 7.19. The summed E-state index contributed by atoms with van der Waals surface area (Å²) in [5.41, 5.74) is 2.08. The van der Waals surface area contributed by atoms with Crippen LogP contribution in [-0.4, -0.2) is 52.3 Å². The molecule has 0 radical (unpaired) electrons. The van der Waals surface area contributed by atoms with E-state index >= 15 is 0 Å². The SMILES string of the molecule is COc1ccc(Cl)cc1NC(=NCC1CCCO1)NC(=O)c1cccc(N(C)C)c1. The average Bonchev–Trinajstić information content (AvgIpc) is 3.26. The number of guanidine groups is 1. The van der Waals surface area contributed by atoms with Gasteiger partial charge in [0.1, 0.15) is 5.75 Å². The molecule has 2 N–H and O–H groups in total. The lowest BCUT2D eigenvalue weighted by molar-refractivity contribution is 0.0975. The van der Waals surface area contributed by atoms with E-state index in [4.69, 9.17) is 21.1 Å². The number of amides is 1. The zero-order valence-corrected chi connectivity index (χ0v) is 18.2. The van der Waals surface area contributed by atoms with Crippen molar-refractivity contribution in [1.82, 2.24) is 5.32 Å². The van der Waals surface area contributed by atoms with Gasteiger partial charge in [0.15, 0.2) is 0 Å². The van der Waals surface area contributed by atoms with Gasteiger partial charge in [-0.2, -0.15) is 0 Å². The van der Waals surface area contributed by atoms with E-state index in [2.05, 4.69) is 15.6 Å². The molecular weight excluding hydrogens is 404 g/mol. The molecule has 1 aliphatic heterocycles. The van der Waals surface area contributed by atoms with Crippen LogP contribution < -0.4 is 20.3 Å². The highest BCUT2D eigenvalue weighted by atomic mass is 35.5. The van der Waals surface area contributed by atoms with Crippen LogP contribution in [0.4, 0.5) is 11.4 Å². The highest BCUT2D eigenvalue weighted by Gasteiger charge is 2.17. The number of nitrogens with one attached hydrogen (secondary N) is 2. The fraction of sp³-hybridized carbons (Fsp3) is 0.364. The molecule has 1 amide bonds. The average molecular weight is 431 g/mol. The summed E-state index contributed by atoms with van der Waals surface area (Å²) in [6, 6.07) is 12.6. The minimum Gasteiger partial charge on any atom is -0.495 e. The summed E-state index contributed by atoms with van der Waals surface area (Å²) in [4.78, 5) is 19.4. The minimum absolute atomic E-state index is 0.0528. The molecule has 2 aromatic carbocycles. The third-order valence-electron chi connectivity index (χ3n) is 4.75. The van der Waals surface area contributed by atoms with Crippen molar-refractivity contribution in [2.24, 2.45) is 4.99 Å². The number of hydrogen-bond donors (Lipinski definition) is 2. The molecular formula is C22H27ClN4O3. The van der Waals surface area contributed by atoms with Crippen molar-refractivity contribution in [3.63, 3.8) is 0 Å². The quantitative estimate of drug-likeness (QED) is 0.538. The van der Waals surface area contributed by atoms with Crippen LogP contribution in [-0.2, 0) is 4.74 Å². The number of methoxy groups -OCH3 is 1. The number of nitrogens with zero attached hydrogens (tertiary/aromatic N) is 2. The van der Waals surface area contributed by atoms with E-state index in [1.54, 1.807) is 31.4 Å². The Morgan fingerprint density at radius 3 is 2.83 bits per heavy atom. The smallest absolute Gasteiger partial charge is 0.258 e. The van der Waals surface area contributed by atoms with Crippen LogP contribution >= 0.6 is 11.6 Å². The van der Waals surface area contributed by atoms with Gasteiger partial charge in [-0.1, -0.05) is 17.7 Å². The molecule has 1 saturated heterocycles. The molecule has 1 heterocycles. The van der Waals surface area contributed by atoms with E-state index in [1.165, 1.54) is 0 Å². The number of hydrogen-bond acceptors (Lipinski definition) is 5.